The minimum atomic E-state index is -0.793. The molecule has 0 fully saturated rings. The van der Waals surface area contributed by atoms with E-state index in [1.165, 1.54) is 29.8 Å². The normalized spacial score (nSPS) is 15.2. The van der Waals surface area contributed by atoms with Crippen molar-refractivity contribution in [3.63, 3.8) is 0 Å². The molecule has 2 aromatic rings. The van der Waals surface area contributed by atoms with E-state index in [4.69, 9.17) is 4.74 Å². The zero-order chi connectivity index (χ0) is 21.8. The van der Waals surface area contributed by atoms with Gasteiger partial charge in [-0.3, -0.25) is 19.8 Å². The zero-order valence-electron chi connectivity index (χ0n) is 17.2. The molecule has 1 aliphatic heterocycles. The molecule has 8 heteroatoms. The topological polar surface area (TPSA) is 89.8 Å². The Morgan fingerprint density at radius 2 is 2.00 bits per heavy atom. The van der Waals surface area contributed by atoms with E-state index in [1.807, 2.05) is 12.1 Å². The van der Waals surface area contributed by atoms with Crippen molar-refractivity contribution in [1.29, 1.82) is 0 Å². The van der Waals surface area contributed by atoms with Crippen molar-refractivity contribution in [1.82, 2.24) is 0 Å². The molecule has 1 amide bonds. The maximum Gasteiger partial charge on any atom is 0.329 e. The minimum absolute atomic E-state index is 0.100. The van der Waals surface area contributed by atoms with Gasteiger partial charge in [-0.15, -0.1) is 11.8 Å². The third-order valence-corrected chi connectivity index (χ3v) is 6.12. The van der Waals surface area contributed by atoms with Gasteiger partial charge >= 0.3 is 5.97 Å². The summed E-state index contributed by atoms with van der Waals surface area (Å²) in [7, 11) is 1.28. The number of esters is 1. The Labute approximate surface area is 179 Å². The van der Waals surface area contributed by atoms with Crippen LogP contribution in [0.15, 0.2) is 47.4 Å². The van der Waals surface area contributed by atoms with Crippen LogP contribution in [0.3, 0.4) is 0 Å². The van der Waals surface area contributed by atoms with Gasteiger partial charge in [0.05, 0.1) is 16.9 Å². The molecule has 0 aliphatic carbocycles. The van der Waals surface area contributed by atoms with E-state index < -0.39 is 22.8 Å². The highest BCUT2D eigenvalue weighted by molar-refractivity contribution is 7.99. The van der Waals surface area contributed by atoms with Crippen molar-refractivity contribution in [3.8, 4) is 0 Å². The molecule has 0 N–H and O–H groups in total. The number of nitro benzene ring substituents is 1. The lowest BCUT2D eigenvalue weighted by molar-refractivity contribution is -0.387. The summed E-state index contributed by atoms with van der Waals surface area (Å²) in [5.74, 6) is 0.283. The Morgan fingerprint density at radius 1 is 1.27 bits per heavy atom. The maximum atomic E-state index is 13.3. The fourth-order valence-corrected chi connectivity index (χ4v) is 4.68. The zero-order valence-corrected chi connectivity index (χ0v) is 18.0. The number of para-hydroxylation sites is 1. The number of benzene rings is 2. The van der Waals surface area contributed by atoms with E-state index >= 15 is 0 Å². The molecule has 1 aliphatic rings. The summed E-state index contributed by atoms with van der Waals surface area (Å²) >= 11 is 1.41. The van der Waals surface area contributed by atoms with Crippen molar-refractivity contribution in [3.05, 3.63) is 63.7 Å². The maximum absolute atomic E-state index is 13.3. The number of nitro groups is 1. The Morgan fingerprint density at radius 3 is 2.67 bits per heavy atom. The molecule has 3 rings (SSSR count). The molecule has 30 heavy (non-hydrogen) atoms. The molecule has 2 aromatic carbocycles. The van der Waals surface area contributed by atoms with E-state index in [0.29, 0.717) is 22.9 Å². The fourth-order valence-electron chi connectivity index (χ4n) is 3.42. The third-order valence-electron chi connectivity index (χ3n) is 5.02. The van der Waals surface area contributed by atoms with Crippen LogP contribution in [0.5, 0.6) is 0 Å². The van der Waals surface area contributed by atoms with E-state index in [1.54, 1.807) is 24.3 Å². The summed E-state index contributed by atoms with van der Waals surface area (Å²) in [5, 5.41) is 11.6. The summed E-state index contributed by atoms with van der Waals surface area (Å²) in [6, 6.07) is 11.0. The number of fused-ring (bicyclic) bond motifs is 1. The molecular formula is C22H24N2O5S. The highest BCUT2D eigenvalue weighted by Gasteiger charge is 2.39. The van der Waals surface area contributed by atoms with Crippen molar-refractivity contribution in [2.45, 2.75) is 37.6 Å². The monoisotopic (exact) mass is 428 g/mol. The number of hydrogen-bond donors (Lipinski definition) is 0. The van der Waals surface area contributed by atoms with Crippen molar-refractivity contribution in [2.24, 2.45) is 5.92 Å². The van der Waals surface area contributed by atoms with Crippen molar-refractivity contribution >= 4 is 35.0 Å². The molecule has 0 bridgehead atoms. The number of ether oxygens (including phenoxy) is 1. The first-order valence-electron chi connectivity index (χ1n) is 9.74. The molecule has 0 spiro atoms. The third kappa shape index (κ3) is 4.48. The van der Waals surface area contributed by atoms with E-state index in [0.717, 1.165) is 17.7 Å². The lowest BCUT2D eigenvalue weighted by Gasteiger charge is -2.24. The van der Waals surface area contributed by atoms with Crippen molar-refractivity contribution in [2.75, 3.05) is 17.8 Å². The number of nitrogens with zero attached hydrogens (tertiary/aromatic N) is 2. The van der Waals surface area contributed by atoms with Gasteiger partial charge in [0.25, 0.3) is 11.6 Å². The first-order valence-corrected chi connectivity index (χ1v) is 10.7. The summed E-state index contributed by atoms with van der Waals surface area (Å²) in [5.41, 5.74) is 1.55. The second-order valence-electron chi connectivity index (χ2n) is 7.52. The van der Waals surface area contributed by atoms with Gasteiger partial charge in [-0.1, -0.05) is 32.0 Å². The molecule has 0 radical (unpaired) electrons. The van der Waals surface area contributed by atoms with Crippen LogP contribution >= 0.6 is 11.8 Å². The number of methoxy groups -OCH3 is 1. The summed E-state index contributed by atoms with van der Waals surface area (Å²) in [4.78, 5) is 38.7. The van der Waals surface area contributed by atoms with Gasteiger partial charge in [-0.2, -0.15) is 0 Å². The van der Waals surface area contributed by atoms with Gasteiger partial charge in [-0.05, 0) is 41.9 Å². The predicted molar refractivity (Wildman–Crippen MR) is 116 cm³/mol. The average Bonchev–Trinajstić information content (AvgIpc) is 3.12. The highest BCUT2D eigenvalue weighted by Crippen LogP contribution is 2.36. The molecule has 0 aromatic heterocycles. The van der Waals surface area contributed by atoms with Crippen LogP contribution < -0.4 is 4.90 Å². The predicted octanol–water partition coefficient (Wildman–Crippen LogP) is 4.48. The number of anilines is 1. The molecule has 158 valence electrons. The highest BCUT2D eigenvalue weighted by atomic mass is 32.2. The van der Waals surface area contributed by atoms with Crippen LogP contribution in [0, 0.1) is 16.0 Å². The number of carbonyl (C=O) groups is 2. The van der Waals surface area contributed by atoms with Crippen LogP contribution in [0.1, 0.15) is 36.2 Å². The molecule has 1 heterocycles. The standard InChI is InChI=1S/C22H24N2O5S/c1-14(2)10-11-30-20-9-8-16(13-18(20)24(27)28)21(25)23-17-7-5-4-6-15(17)12-19(23)22(26)29-3/h4-9,13-14,19H,10-12H2,1-3H3. The lowest BCUT2D eigenvalue weighted by atomic mass is 10.1. The van der Waals surface area contributed by atoms with E-state index in [-0.39, 0.29) is 11.3 Å². The van der Waals surface area contributed by atoms with Gasteiger partial charge in [0.1, 0.15) is 6.04 Å². The molecular weight excluding hydrogens is 404 g/mol. The second-order valence-corrected chi connectivity index (χ2v) is 8.65. The minimum Gasteiger partial charge on any atom is -0.467 e. The molecule has 0 saturated heterocycles. The SMILES string of the molecule is COC(=O)C1Cc2ccccc2N1C(=O)c1ccc(SCCC(C)C)c([N+](=O)[O-])c1. The first-order chi connectivity index (χ1) is 14.3. The number of rotatable bonds is 7. The van der Waals surface area contributed by atoms with E-state index in [9.17, 15) is 19.7 Å². The Bertz CT molecular complexity index is 976. The second kappa shape index (κ2) is 9.30. The van der Waals surface area contributed by atoms with Crippen LogP contribution in [0.2, 0.25) is 0 Å². The number of hydrogen-bond acceptors (Lipinski definition) is 6. The van der Waals surface area contributed by atoms with Crippen LogP contribution in [0.4, 0.5) is 11.4 Å². The van der Waals surface area contributed by atoms with Crippen LogP contribution in [0.25, 0.3) is 0 Å². The largest absolute Gasteiger partial charge is 0.467 e. The fraction of sp³-hybridized carbons (Fsp3) is 0.364. The lowest BCUT2D eigenvalue weighted by Crippen LogP contribution is -2.43. The van der Waals surface area contributed by atoms with Gasteiger partial charge in [0, 0.05) is 23.7 Å². The Balaban J connectivity index is 1.94. The van der Waals surface area contributed by atoms with Gasteiger partial charge in [0.15, 0.2) is 0 Å². The Hall–Kier alpha value is -2.87. The van der Waals surface area contributed by atoms with Crippen LogP contribution in [-0.2, 0) is 16.0 Å². The molecule has 0 saturated carbocycles. The van der Waals surface area contributed by atoms with E-state index in [2.05, 4.69) is 13.8 Å². The van der Waals surface area contributed by atoms with Crippen LogP contribution in [-0.4, -0.2) is 35.7 Å². The molecule has 1 atom stereocenters. The first kappa shape index (κ1) is 21.8. The number of carbonyl (C=O) groups excluding carboxylic acids is 2. The number of amides is 1. The number of thioether (sulfide) groups is 1. The average molecular weight is 429 g/mol. The van der Waals surface area contributed by atoms with Gasteiger partial charge in [0.2, 0.25) is 0 Å². The molecule has 7 nitrogen and oxygen atoms in total. The quantitative estimate of drug-likeness (QED) is 0.280. The summed E-state index contributed by atoms with van der Waals surface area (Å²) in [6.07, 6.45) is 1.29. The van der Waals surface area contributed by atoms with Gasteiger partial charge < -0.3 is 4.74 Å². The Kier molecular flexibility index (Phi) is 6.77. The smallest absolute Gasteiger partial charge is 0.329 e. The van der Waals surface area contributed by atoms with Crippen molar-refractivity contribution < 1.29 is 19.2 Å². The summed E-state index contributed by atoms with van der Waals surface area (Å²) in [6.45, 7) is 4.20. The molecule has 1 unspecified atom stereocenters. The van der Waals surface area contributed by atoms with Gasteiger partial charge in [-0.25, -0.2) is 4.79 Å². The summed E-state index contributed by atoms with van der Waals surface area (Å²) < 4.78 is 4.88.